The molecule has 1 aromatic rings. The molecule has 0 bridgehead atoms. The van der Waals surface area contributed by atoms with Crippen molar-refractivity contribution in [3.63, 3.8) is 0 Å². The van der Waals surface area contributed by atoms with Gasteiger partial charge in [0.05, 0.1) is 17.9 Å². The molecule has 18 heavy (non-hydrogen) atoms. The molecule has 0 atom stereocenters. The summed E-state index contributed by atoms with van der Waals surface area (Å²) in [7, 11) is -3.42. The second kappa shape index (κ2) is 4.85. The molecule has 0 aromatic heterocycles. The second-order valence-electron chi connectivity index (χ2n) is 3.92. The van der Waals surface area contributed by atoms with Gasteiger partial charge < -0.3 is 14.6 Å². The van der Waals surface area contributed by atoms with Crippen LogP contribution in [0.25, 0.3) is 0 Å². The first-order valence-corrected chi connectivity index (χ1v) is 7.09. The Kier molecular flexibility index (Phi) is 3.42. The summed E-state index contributed by atoms with van der Waals surface area (Å²) >= 11 is 0. The molecule has 6 nitrogen and oxygen atoms in total. The standard InChI is InChI=1S/C11H12O6S/c12-11(13)3-4-18(14,15)6-8-1-2-9-10(5-8)17-7-16-9/h1-2,5H,3-4,6-7H2,(H,12,13). The maximum atomic E-state index is 11.7. The number of rotatable bonds is 5. The van der Waals surface area contributed by atoms with Gasteiger partial charge in [-0.05, 0) is 17.7 Å². The molecule has 1 N–H and O–H groups in total. The molecule has 2 rings (SSSR count). The molecule has 0 saturated carbocycles. The fourth-order valence-corrected chi connectivity index (χ4v) is 2.92. The highest BCUT2D eigenvalue weighted by Crippen LogP contribution is 2.32. The first-order chi connectivity index (χ1) is 8.46. The number of carbonyl (C=O) groups is 1. The van der Waals surface area contributed by atoms with Gasteiger partial charge in [-0.2, -0.15) is 0 Å². The highest BCUT2D eigenvalue weighted by molar-refractivity contribution is 7.90. The monoisotopic (exact) mass is 272 g/mol. The second-order valence-corrected chi connectivity index (χ2v) is 6.11. The van der Waals surface area contributed by atoms with Crippen molar-refractivity contribution in [1.82, 2.24) is 0 Å². The molecule has 1 aromatic carbocycles. The van der Waals surface area contributed by atoms with Crippen LogP contribution in [0.1, 0.15) is 12.0 Å². The summed E-state index contributed by atoms with van der Waals surface area (Å²) in [5, 5.41) is 8.47. The number of benzene rings is 1. The normalized spacial score (nSPS) is 13.6. The van der Waals surface area contributed by atoms with Crippen LogP contribution in [0.2, 0.25) is 0 Å². The fraction of sp³-hybridized carbons (Fsp3) is 0.364. The topological polar surface area (TPSA) is 89.9 Å². The molecule has 0 unspecified atom stereocenters. The third-order valence-corrected chi connectivity index (χ3v) is 4.05. The molecular formula is C11H12O6S. The van der Waals surface area contributed by atoms with Crippen LogP contribution in [-0.2, 0) is 20.4 Å². The van der Waals surface area contributed by atoms with Crippen molar-refractivity contribution in [2.45, 2.75) is 12.2 Å². The van der Waals surface area contributed by atoms with E-state index in [0.29, 0.717) is 17.1 Å². The van der Waals surface area contributed by atoms with E-state index in [1.807, 2.05) is 0 Å². The number of fused-ring (bicyclic) bond motifs is 1. The van der Waals surface area contributed by atoms with Crippen LogP contribution in [0, 0.1) is 0 Å². The van der Waals surface area contributed by atoms with Crippen LogP contribution in [-0.4, -0.2) is 32.0 Å². The molecule has 0 aliphatic carbocycles. The lowest BCUT2D eigenvalue weighted by atomic mass is 10.2. The molecule has 0 radical (unpaired) electrons. The Morgan fingerprint density at radius 3 is 2.72 bits per heavy atom. The van der Waals surface area contributed by atoms with Crippen molar-refractivity contribution in [2.24, 2.45) is 0 Å². The van der Waals surface area contributed by atoms with Crippen molar-refractivity contribution in [1.29, 1.82) is 0 Å². The molecule has 0 amide bonds. The number of carboxylic acids is 1. The first kappa shape index (κ1) is 12.7. The summed E-state index contributed by atoms with van der Waals surface area (Å²) in [5.74, 6) is -0.583. The molecule has 98 valence electrons. The quantitative estimate of drug-likeness (QED) is 0.852. The molecule has 7 heteroatoms. The van der Waals surface area contributed by atoms with Crippen molar-refractivity contribution in [2.75, 3.05) is 12.5 Å². The number of carboxylic acid groups (broad SMARTS) is 1. The lowest BCUT2D eigenvalue weighted by Gasteiger charge is -2.04. The Morgan fingerprint density at radius 2 is 2.00 bits per heavy atom. The minimum atomic E-state index is -3.42. The third-order valence-electron chi connectivity index (χ3n) is 2.45. The van der Waals surface area contributed by atoms with Crippen LogP contribution in [0.4, 0.5) is 0 Å². The Hall–Kier alpha value is -1.76. The number of aliphatic carboxylic acids is 1. The van der Waals surface area contributed by atoms with Gasteiger partial charge in [-0.3, -0.25) is 4.79 Å². The van der Waals surface area contributed by atoms with Gasteiger partial charge in [-0.15, -0.1) is 0 Å². The zero-order valence-corrected chi connectivity index (χ0v) is 10.3. The van der Waals surface area contributed by atoms with Crippen molar-refractivity contribution in [3.05, 3.63) is 23.8 Å². The average molecular weight is 272 g/mol. The van der Waals surface area contributed by atoms with Gasteiger partial charge in [0, 0.05) is 0 Å². The highest BCUT2D eigenvalue weighted by Gasteiger charge is 2.18. The first-order valence-electron chi connectivity index (χ1n) is 5.27. The summed E-state index contributed by atoms with van der Waals surface area (Å²) in [5.41, 5.74) is 0.560. The zero-order chi connectivity index (χ0) is 13.2. The Morgan fingerprint density at radius 1 is 1.28 bits per heavy atom. The Bertz CT molecular complexity index is 563. The van der Waals surface area contributed by atoms with Gasteiger partial charge in [0.25, 0.3) is 0 Å². The van der Waals surface area contributed by atoms with Crippen LogP contribution >= 0.6 is 0 Å². The number of sulfone groups is 1. The molecule has 0 saturated heterocycles. The molecule has 1 aliphatic rings. The number of hydrogen-bond donors (Lipinski definition) is 1. The average Bonchev–Trinajstić information content (AvgIpc) is 2.73. The number of ether oxygens (including phenoxy) is 2. The third kappa shape index (κ3) is 3.13. The summed E-state index contributed by atoms with van der Waals surface area (Å²) in [6, 6.07) is 4.87. The Balaban J connectivity index is 2.07. The molecular weight excluding hydrogens is 260 g/mol. The van der Waals surface area contributed by atoms with Crippen LogP contribution in [0.3, 0.4) is 0 Å². The SMILES string of the molecule is O=C(O)CCS(=O)(=O)Cc1ccc2c(c1)OCO2. The van der Waals surface area contributed by atoms with Crippen LogP contribution in [0.15, 0.2) is 18.2 Å². The lowest BCUT2D eigenvalue weighted by Crippen LogP contribution is -2.12. The van der Waals surface area contributed by atoms with E-state index in [9.17, 15) is 13.2 Å². The fourth-order valence-electron chi connectivity index (χ4n) is 1.60. The van der Waals surface area contributed by atoms with E-state index in [0.717, 1.165) is 0 Å². The van der Waals surface area contributed by atoms with Gasteiger partial charge >= 0.3 is 5.97 Å². The van der Waals surface area contributed by atoms with E-state index in [4.69, 9.17) is 14.6 Å². The van der Waals surface area contributed by atoms with Gasteiger partial charge in [0.2, 0.25) is 6.79 Å². The van der Waals surface area contributed by atoms with Crippen molar-refractivity contribution >= 4 is 15.8 Å². The predicted octanol–water partition coefficient (Wildman–Crippen LogP) is 0.805. The largest absolute Gasteiger partial charge is 0.481 e. The van der Waals surface area contributed by atoms with E-state index >= 15 is 0 Å². The maximum Gasteiger partial charge on any atom is 0.304 e. The summed E-state index contributed by atoms with van der Waals surface area (Å²) in [6.45, 7) is 0.130. The van der Waals surface area contributed by atoms with Gasteiger partial charge in [-0.1, -0.05) is 6.07 Å². The van der Waals surface area contributed by atoms with E-state index < -0.39 is 15.8 Å². The van der Waals surface area contributed by atoms with Gasteiger partial charge in [0.15, 0.2) is 21.3 Å². The highest BCUT2D eigenvalue weighted by atomic mass is 32.2. The van der Waals surface area contributed by atoms with E-state index in [1.54, 1.807) is 18.2 Å². The number of hydrogen-bond acceptors (Lipinski definition) is 5. The predicted molar refractivity (Wildman–Crippen MR) is 62.3 cm³/mol. The smallest absolute Gasteiger partial charge is 0.304 e. The summed E-state index contributed by atoms with van der Waals surface area (Å²) < 4.78 is 33.6. The van der Waals surface area contributed by atoms with Crippen LogP contribution in [0.5, 0.6) is 11.5 Å². The van der Waals surface area contributed by atoms with E-state index in [-0.39, 0.29) is 24.7 Å². The van der Waals surface area contributed by atoms with Crippen LogP contribution < -0.4 is 9.47 Å². The van der Waals surface area contributed by atoms with E-state index in [1.165, 1.54) is 0 Å². The minimum Gasteiger partial charge on any atom is -0.481 e. The summed E-state index contributed by atoms with van der Waals surface area (Å²) in [6.07, 6.45) is -0.382. The van der Waals surface area contributed by atoms with Crippen molar-refractivity contribution in [3.8, 4) is 11.5 Å². The maximum absolute atomic E-state index is 11.7. The summed E-state index contributed by atoms with van der Waals surface area (Å²) in [4.78, 5) is 10.4. The molecule has 1 heterocycles. The molecule has 1 aliphatic heterocycles. The zero-order valence-electron chi connectivity index (χ0n) is 9.46. The molecule has 0 fully saturated rings. The van der Waals surface area contributed by atoms with Gasteiger partial charge in [0.1, 0.15) is 0 Å². The minimum absolute atomic E-state index is 0.130. The van der Waals surface area contributed by atoms with E-state index in [2.05, 4.69) is 0 Å². The van der Waals surface area contributed by atoms with Gasteiger partial charge in [-0.25, -0.2) is 8.42 Å². The van der Waals surface area contributed by atoms with Crippen molar-refractivity contribution < 1.29 is 27.8 Å². The lowest BCUT2D eigenvalue weighted by molar-refractivity contribution is -0.136. The Labute approximate surface area is 104 Å². The molecule has 0 spiro atoms.